The zero-order valence-corrected chi connectivity index (χ0v) is 14.7. The number of fused-ring (bicyclic) bond motifs is 1. The van der Waals surface area contributed by atoms with Gasteiger partial charge < -0.3 is 14.6 Å². The van der Waals surface area contributed by atoms with Crippen molar-refractivity contribution in [3.8, 4) is 5.75 Å². The molecule has 138 valence electrons. The largest absolute Gasteiger partial charge is 0.501 e. The van der Waals surface area contributed by atoms with Crippen LogP contribution in [0.2, 0.25) is 0 Å². The fourth-order valence-corrected chi connectivity index (χ4v) is 3.00. The third kappa shape index (κ3) is 3.47. The second-order valence-electron chi connectivity index (χ2n) is 6.11. The van der Waals surface area contributed by atoms with Gasteiger partial charge in [0.15, 0.2) is 5.69 Å². The first-order chi connectivity index (χ1) is 12.5. The van der Waals surface area contributed by atoms with Crippen molar-refractivity contribution >= 4 is 5.97 Å². The summed E-state index contributed by atoms with van der Waals surface area (Å²) in [5.41, 5.74) is 0.0582. The van der Waals surface area contributed by atoms with Crippen molar-refractivity contribution in [2.24, 2.45) is 0 Å². The summed E-state index contributed by atoms with van der Waals surface area (Å²) in [4.78, 5) is 30.7. The molecule has 8 heteroatoms. The monoisotopic (exact) mass is 359 g/mol. The van der Waals surface area contributed by atoms with E-state index in [4.69, 9.17) is 4.74 Å². The third-order valence-electron chi connectivity index (χ3n) is 4.39. The van der Waals surface area contributed by atoms with E-state index in [-0.39, 0.29) is 18.3 Å². The molecule has 1 N–H and O–H groups in total. The molecule has 0 fully saturated rings. The maximum atomic E-state index is 12.5. The number of rotatable bonds is 4. The van der Waals surface area contributed by atoms with E-state index in [9.17, 15) is 14.7 Å². The van der Waals surface area contributed by atoms with Gasteiger partial charge in [-0.1, -0.05) is 30.3 Å². The maximum Gasteiger partial charge on any atom is 0.360 e. The van der Waals surface area contributed by atoms with Gasteiger partial charge in [0, 0.05) is 6.54 Å². The van der Waals surface area contributed by atoms with Crippen LogP contribution >= 0.6 is 0 Å². The Labute approximate surface area is 150 Å². The molecule has 1 aromatic heterocycles. The molecule has 0 saturated heterocycles. The van der Waals surface area contributed by atoms with E-state index in [2.05, 4.69) is 9.72 Å². The molecule has 1 aliphatic heterocycles. The summed E-state index contributed by atoms with van der Waals surface area (Å²) in [5, 5.41) is 10.1. The van der Waals surface area contributed by atoms with Crippen molar-refractivity contribution in [2.45, 2.75) is 19.1 Å². The highest BCUT2D eigenvalue weighted by Gasteiger charge is 2.30. The Bertz CT molecular complexity index is 850. The van der Waals surface area contributed by atoms with Crippen molar-refractivity contribution in [2.75, 3.05) is 27.4 Å². The predicted octanol–water partition coefficient (Wildman–Crippen LogP) is 0.939. The zero-order valence-electron chi connectivity index (χ0n) is 14.7. The molecule has 2 aromatic rings. The van der Waals surface area contributed by atoms with Crippen LogP contribution in [0.15, 0.2) is 35.1 Å². The van der Waals surface area contributed by atoms with Crippen LogP contribution in [0.25, 0.3) is 0 Å². The Morgan fingerprint density at radius 3 is 2.85 bits per heavy atom. The van der Waals surface area contributed by atoms with E-state index in [1.54, 1.807) is 0 Å². The molecule has 0 spiro atoms. The lowest BCUT2D eigenvalue weighted by atomic mass is 10.1. The molecule has 26 heavy (non-hydrogen) atoms. The molecule has 2 heterocycles. The predicted molar refractivity (Wildman–Crippen MR) is 93.0 cm³/mol. The highest BCUT2D eigenvalue weighted by atomic mass is 16.5. The van der Waals surface area contributed by atoms with Gasteiger partial charge in [-0.05, 0) is 12.6 Å². The minimum atomic E-state index is -0.849. The lowest BCUT2D eigenvalue weighted by molar-refractivity contribution is 0.0585. The van der Waals surface area contributed by atoms with Crippen LogP contribution in [0.3, 0.4) is 0 Å². The topological polar surface area (TPSA) is 93.9 Å². The first-order valence-corrected chi connectivity index (χ1v) is 8.27. The number of benzene rings is 1. The molecule has 0 radical (unpaired) electrons. The molecule has 3 rings (SSSR count). The number of carbonyl (C=O) groups excluding carboxylic acids is 1. The van der Waals surface area contributed by atoms with Crippen LogP contribution < -0.4 is 5.56 Å². The number of nitrogens with zero attached hydrogens (tertiary/aromatic N) is 3. The number of aromatic nitrogens is 2. The van der Waals surface area contributed by atoms with Gasteiger partial charge in [0.1, 0.15) is 5.82 Å². The Kier molecular flexibility index (Phi) is 5.34. The minimum absolute atomic E-state index is 0.256. The van der Waals surface area contributed by atoms with Crippen molar-refractivity contribution in [1.29, 1.82) is 0 Å². The van der Waals surface area contributed by atoms with Crippen LogP contribution in [0.5, 0.6) is 5.75 Å². The highest BCUT2D eigenvalue weighted by Crippen LogP contribution is 2.24. The van der Waals surface area contributed by atoms with Crippen LogP contribution in [-0.2, 0) is 22.6 Å². The van der Waals surface area contributed by atoms with Gasteiger partial charge in [-0.25, -0.2) is 9.78 Å². The Balaban J connectivity index is 2.03. The number of aromatic hydroxyl groups is 1. The molecule has 0 amide bonds. The molecule has 8 nitrogen and oxygen atoms in total. The average molecular weight is 359 g/mol. The second kappa shape index (κ2) is 7.67. The Morgan fingerprint density at radius 1 is 1.42 bits per heavy atom. The number of esters is 1. The molecule has 0 aliphatic carbocycles. The summed E-state index contributed by atoms with van der Waals surface area (Å²) in [6.45, 7) is 1.51. The molecular weight excluding hydrogens is 338 g/mol. The number of hydrogen-bond donors (Lipinski definition) is 1. The van der Waals surface area contributed by atoms with E-state index in [1.165, 1.54) is 11.7 Å². The summed E-state index contributed by atoms with van der Waals surface area (Å²) < 4.78 is 11.6. The molecule has 0 saturated carbocycles. The van der Waals surface area contributed by atoms with Crippen molar-refractivity contribution in [3.63, 3.8) is 0 Å². The van der Waals surface area contributed by atoms with Gasteiger partial charge in [0.2, 0.25) is 5.75 Å². The van der Waals surface area contributed by atoms with Gasteiger partial charge >= 0.3 is 5.97 Å². The van der Waals surface area contributed by atoms with Gasteiger partial charge in [-0.3, -0.25) is 14.3 Å². The summed E-state index contributed by atoms with van der Waals surface area (Å²) >= 11 is 0. The first kappa shape index (κ1) is 18.1. The number of likely N-dealkylation sites (N-methyl/N-ethyl adjacent to an activating group) is 1. The Morgan fingerprint density at radius 2 is 2.15 bits per heavy atom. The minimum Gasteiger partial charge on any atom is -0.501 e. The molecule has 1 aromatic carbocycles. The van der Waals surface area contributed by atoms with Gasteiger partial charge in [-0.2, -0.15) is 0 Å². The quantitative estimate of drug-likeness (QED) is 0.812. The van der Waals surface area contributed by atoms with Crippen molar-refractivity contribution < 1.29 is 19.4 Å². The van der Waals surface area contributed by atoms with Gasteiger partial charge in [0.25, 0.3) is 5.56 Å². The standard InChI is InChI=1S/C18H21N3O5/c1-20(10-12-6-4-3-5-7-12)13-11-26-9-8-21-16(13)19-14(18(24)25-2)15(22)17(21)23/h3-7,13,22H,8-11H2,1-2H3. The fourth-order valence-electron chi connectivity index (χ4n) is 3.00. The summed E-state index contributed by atoms with van der Waals surface area (Å²) in [5.74, 6) is -1.17. The molecule has 1 atom stereocenters. The van der Waals surface area contributed by atoms with Gasteiger partial charge in [-0.15, -0.1) is 0 Å². The number of carbonyl (C=O) groups is 1. The summed E-state index contributed by atoms with van der Waals surface area (Å²) in [7, 11) is 3.07. The Hall–Kier alpha value is -2.71. The van der Waals surface area contributed by atoms with E-state index >= 15 is 0 Å². The number of hydrogen-bond acceptors (Lipinski definition) is 7. The second-order valence-corrected chi connectivity index (χ2v) is 6.11. The highest BCUT2D eigenvalue weighted by molar-refractivity contribution is 5.89. The SMILES string of the molecule is COC(=O)c1nc2n(c(=O)c1O)CCOCC2N(C)Cc1ccccc1. The fraction of sp³-hybridized carbons (Fsp3) is 0.389. The lowest BCUT2D eigenvalue weighted by Crippen LogP contribution is -2.34. The number of methoxy groups -OCH3 is 1. The van der Waals surface area contributed by atoms with E-state index in [0.29, 0.717) is 25.6 Å². The van der Waals surface area contributed by atoms with Crippen molar-refractivity contribution in [1.82, 2.24) is 14.5 Å². The third-order valence-corrected chi connectivity index (χ3v) is 4.39. The molecule has 1 aliphatic rings. The zero-order chi connectivity index (χ0) is 18.7. The van der Waals surface area contributed by atoms with Crippen LogP contribution in [0, 0.1) is 0 Å². The van der Waals surface area contributed by atoms with E-state index in [0.717, 1.165) is 5.56 Å². The van der Waals surface area contributed by atoms with Crippen LogP contribution in [0.4, 0.5) is 0 Å². The normalized spacial score (nSPS) is 16.8. The van der Waals surface area contributed by atoms with Crippen molar-refractivity contribution in [3.05, 3.63) is 57.8 Å². The average Bonchev–Trinajstić information content (AvgIpc) is 2.87. The van der Waals surface area contributed by atoms with Crippen LogP contribution in [-0.4, -0.2) is 52.9 Å². The number of ether oxygens (including phenoxy) is 2. The summed E-state index contributed by atoms with van der Waals surface area (Å²) in [6, 6.07) is 9.51. The van der Waals surface area contributed by atoms with E-state index < -0.39 is 17.3 Å². The van der Waals surface area contributed by atoms with Gasteiger partial charge in [0.05, 0.1) is 32.9 Å². The first-order valence-electron chi connectivity index (χ1n) is 8.27. The van der Waals surface area contributed by atoms with Crippen LogP contribution in [0.1, 0.15) is 27.9 Å². The maximum absolute atomic E-state index is 12.5. The molecule has 1 unspecified atom stereocenters. The lowest BCUT2D eigenvalue weighted by Gasteiger charge is -2.27. The smallest absolute Gasteiger partial charge is 0.360 e. The molecular formula is C18H21N3O5. The molecule has 0 bridgehead atoms. The summed E-state index contributed by atoms with van der Waals surface area (Å²) in [6.07, 6.45) is 0. The van der Waals surface area contributed by atoms with E-state index in [1.807, 2.05) is 42.3 Å².